The number of aryl methyl sites for hydroxylation is 1. The first-order chi connectivity index (χ1) is 10.1. The number of nitrogens with zero attached hydrogens (tertiary/aromatic N) is 1. The summed E-state index contributed by atoms with van der Waals surface area (Å²) in [5, 5.41) is 12.0. The van der Waals surface area contributed by atoms with Crippen molar-refractivity contribution in [2.24, 2.45) is 0 Å². The zero-order valence-corrected chi connectivity index (χ0v) is 12.8. The number of anilines is 2. The molecule has 6 heteroatoms. The van der Waals surface area contributed by atoms with E-state index in [4.69, 9.17) is 28.3 Å². The van der Waals surface area contributed by atoms with Crippen molar-refractivity contribution in [2.45, 2.75) is 6.92 Å². The third-order valence-electron chi connectivity index (χ3n) is 3.04. The predicted octanol–water partition coefficient (Wildman–Crippen LogP) is 4.60. The number of fused-ring (bicyclic) bond motifs is 1. The number of thiocarbonyl (C=S) groups is 1. The Morgan fingerprint density at radius 3 is 2.81 bits per heavy atom. The zero-order valence-electron chi connectivity index (χ0n) is 11.2. The summed E-state index contributed by atoms with van der Waals surface area (Å²) >= 11 is 11.4. The molecule has 0 aliphatic rings. The minimum absolute atomic E-state index is 0.425. The second-order valence-corrected chi connectivity index (χ2v) is 5.39. The van der Waals surface area contributed by atoms with Crippen molar-refractivity contribution in [3.63, 3.8) is 0 Å². The average molecular weight is 318 g/mol. The van der Waals surface area contributed by atoms with Crippen LogP contribution in [0, 0.1) is 6.92 Å². The lowest BCUT2D eigenvalue weighted by molar-refractivity contribution is 0.460. The summed E-state index contributed by atoms with van der Waals surface area (Å²) in [6.45, 7) is 1.95. The van der Waals surface area contributed by atoms with Crippen LogP contribution in [-0.2, 0) is 0 Å². The van der Waals surface area contributed by atoms with Crippen LogP contribution in [0.2, 0.25) is 5.02 Å². The normalized spacial score (nSPS) is 10.6. The Morgan fingerprint density at radius 2 is 2.00 bits per heavy atom. The van der Waals surface area contributed by atoms with Crippen molar-refractivity contribution < 1.29 is 4.52 Å². The standard InChI is InChI=1S/C15H12ClN3OS/c1-9-6-7-10(8-12(9)16)17-15(21)18-14-11-4-2-3-5-13(11)20-19-14/h2-8H,1H3,(H2,17,18,19,21). The van der Waals surface area contributed by atoms with E-state index in [1.807, 2.05) is 49.4 Å². The largest absolute Gasteiger partial charge is 0.354 e. The van der Waals surface area contributed by atoms with E-state index in [9.17, 15) is 0 Å². The Bertz CT molecular complexity index is 816. The fourth-order valence-electron chi connectivity index (χ4n) is 1.92. The van der Waals surface area contributed by atoms with Gasteiger partial charge in [-0.05, 0) is 49.0 Å². The van der Waals surface area contributed by atoms with E-state index in [2.05, 4.69) is 15.8 Å². The Kier molecular flexibility index (Phi) is 3.77. The van der Waals surface area contributed by atoms with Gasteiger partial charge < -0.3 is 15.2 Å². The molecule has 0 unspecified atom stereocenters. The number of rotatable bonds is 2. The maximum atomic E-state index is 6.09. The van der Waals surface area contributed by atoms with E-state index in [-0.39, 0.29) is 0 Å². The highest BCUT2D eigenvalue weighted by Gasteiger charge is 2.09. The summed E-state index contributed by atoms with van der Waals surface area (Å²) in [6, 6.07) is 13.2. The molecule has 0 fully saturated rings. The molecule has 0 bridgehead atoms. The fraction of sp³-hybridized carbons (Fsp3) is 0.0667. The molecule has 0 saturated heterocycles. The second kappa shape index (κ2) is 5.71. The molecule has 106 valence electrons. The van der Waals surface area contributed by atoms with Gasteiger partial charge in [-0.2, -0.15) is 0 Å². The van der Waals surface area contributed by atoms with Crippen molar-refractivity contribution in [3.05, 3.63) is 53.1 Å². The maximum Gasteiger partial charge on any atom is 0.183 e. The van der Waals surface area contributed by atoms with E-state index < -0.39 is 0 Å². The highest BCUT2D eigenvalue weighted by Crippen LogP contribution is 2.23. The lowest BCUT2D eigenvalue weighted by Crippen LogP contribution is -2.19. The van der Waals surface area contributed by atoms with Crippen molar-refractivity contribution in [1.29, 1.82) is 0 Å². The molecule has 0 spiro atoms. The van der Waals surface area contributed by atoms with Crippen LogP contribution < -0.4 is 10.6 Å². The number of nitrogens with one attached hydrogen (secondary N) is 2. The highest BCUT2D eigenvalue weighted by atomic mass is 35.5. The summed E-state index contributed by atoms with van der Waals surface area (Å²) in [7, 11) is 0. The maximum absolute atomic E-state index is 6.09. The van der Waals surface area contributed by atoms with Crippen LogP contribution in [0.3, 0.4) is 0 Å². The predicted molar refractivity (Wildman–Crippen MR) is 90.0 cm³/mol. The van der Waals surface area contributed by atoms with Gasteiger partial charge in [0.2, 0.25) is 0 Å². The number of aromatic nitrogens is 1. The molecule has 3 rings (SSSR count). The third-order valence-corrected chi connectivity index (χ3v) is 3.65. The summed E-state index contributed by atoms with van der Waals surface area (Å²) in [4.78, 5) is 0. The molecule has 0 saturated carbocycles. The van der Waals surface area contributed by atoms with Crippen LogP contribution >= 0.6 is 23.8 Å². The van der Waals surface area contributed by atoms with Crippen molar-refractivity contribution >= 4 is 51.4 Å². The van der Waals surface area contributed by atoms with Gasteiger partial charge in [0, 0.05) is 10.7 Å². The van der Waals surface area contributed by atoms with E-state index in [0.717, 1.165) is 16.6 Å². The molecular formula is C15H12ClN3OS. The highest BCUT2D eigenvalue weighted by molar-refractivity contribution is 7.80. The molecule has 0 aliphatic heterocycles. The molecule has 0 atom stereocenters. The van der Waals surface area contributed by atoms with Gasteiger partial charge in [0.15, 0.2) is 16.5 Å². The monoisotopic (exact) mass is 317 g/mol. The van der Waals surface area contributed by atoms with E-state index in [1.54, 1.807) is 0 Å². The Labute approximate surface area is 132 Å². The number of halogens is 1. The molecule has 2 aromatic carbocycles. The number of benzene rings is 2. The Morgan fingerprint density at radius 1 is 1.19 bits per heavy atom. The van der Waals surface area contributed by atoms with Crippen LogP contribution in [-0.4, -0.2) is 10.3 Å². The Hall–Kier alpha value is -2.11. The summed E-state index contributed by atoms with van der Waals surface area (Å²) in [5.41, 5.74) is 2.54. The number of para-hydroxylation sites is 1. The summed E-state index contributed by atoms with van der Waals surface area (Å²) in [5.74, 6) is 0.585. The van der Waals surface area contributed by atoms with Gasteiger partial charge in [-0.3, -0.25) is 0 Å². The number of hydrogen-bond acceptors (Lipinski definition) is 3. The fourth-order valence-corrected chi connectivity index (χ4v) is 2.31. The SMILES string of the molecule is Cc1ccc(NC(=S)Nc2noc3ccccc23)cc1Cl. The molecule has 4 nitrogen and oxygen atoms in total. The van der Waals surface area contributed by atoms with Crippen LogP contribution in [0.4, 0.5) is 11.5 Å². The Balaban J connectivity index is 1.75. The first kappa shape index (κ1) is 13.9. The number of hydrogen-bond donors (Lipinski definition) is 2. The minimum Gasteiger partial charge on any atom is -0.354 e. The smallest absolute Gasteiger partial charge is 0.183 e. The molecule has 2 N–H and O–H groups in total. The summed E-state index contributed by atoms with van der Waals surface area (Å²) < 4.78 is 5.21. The lowest BCUT2D eigenvalue weighted by Gasteiger charge is -2.09. The van der Waals surface area contributed by atoms with Gasteiger partial charge in [0.1, 0.15) is 0 Å². The molecule has 1 aromatic heterocycles. The van der Waals surface area contributed by atoms with Gasteiger partial charge in [-0.15, -0.1) is 0 Å². The van der Waals surface area contributed by atoms with Gasteiger partial charge >= 0.3 is 0 Å². The summed E-state index contributed by atoms with van der Waals surface area (Å²) in [6.07, 6.45) is 0. The lowest BCUT2D eigenvalue weighted by atomic mass is 10.2. The molecular weight excluding hydrogens is 306 g/mol. The van der Waals surface area contributed by atoms with E-state index in [0.29, 0.717) is 21.5 Å². The van der Waals surface area contributed by atoms with Crippen molar-refractivity contribution in [1.82, 2.24) is 5.16 Å². The average Bonchev–Trinajstić information content (AvgIpc) is 2.86. The minimum atomic E-state index is 0.425. The van der Waals surface area contributed by atoms with Crippen LogP contribution in [0.1, 0.15) is 5.56 Å². The first-order valence-electron chi connectivity index (χ1n) is 6.32. The zero-order chi connectivity index (χ0) is 14.8. The molecule has 1 heterocycles. The molecule has 0 amide bonds. The molecule has 0 radical (unpaired) electrons. The van der Waals surface area contributed by atoms with Gasteiger partial charge in [0.05, 0.1) is 5.39 Å². The van der Waals surface area contributed by atoms with E-state index >= 15 is 0 Å². The van der Waals surface area contributed by atoms with Crippen LogP contribution in [0.5, 0.6) is 0 Å². The third kappa shape index (κ3) is 2.99. The molecule has 3 aromatic rings. The van der Waals surface area contributed by atoms with E-state index in [1.165, 1.54) is 0 Å². The second-order valence-electron chi connectivity index (χ2n) is 4.57. The molecule has 21 heavy (non-hydrogen) atoms. The van der Waals surface area contributed by atoms with Gasteiger partial charge in [-0.1, -0.05) is 35.0 Å². The van der Waals surface area contributed by atoms with Crippen LogP contribution in [0.15, 0.2) is 47.0 Å². The molecule has 0 aliphatic carbocycles. The van der Waals surface area contributed by atoms with Gasteiger partial charge in [0.25, 0.3) is 0 Å². The topological polar surface area (TPSA) is 50.1 Å². The quantitative estimate of drug-likeness (QED) is 0.677. The van der Waals surface area contributed by atoms with Crippen molar-refractivity contribution in [2.75, 3.05) is 10.6 Å². The first-order valence-corrected chi connectivity index (χ1v) is 7.11. The van der Waals surface area contributed by atoms with Crippen LogP contribution in [0.25, 0.3) is 11.0 Å². The van der Waals surface area contributed by atoms with Crippen molar-refractivity contribution in [3.8, 4) is 0 Å². The van der Waals surface area contributed by atoms with Gasteiger partial charge in [-0.25, -0.2) is 0 Å².